The average molecular weight is 365 g/mol. The van der Waals surface area contributed by atoms with Crippen LogP contribution in [0.4, 0.5) is 30.7 Å². The van der Waals surface area contributed by atoms with Gasteiger partial charge in [0.1, 0.15) is 13.2 Å². The number of alkyl halides is 8. The van der Waals surface area contributed by atoms with Gasteiger partial charge in [0.2, 0.25) is 0 Å². The van der Waals surface area contributed by atoms with Crippen LogP contribution in [-0.4, -0.2) is 55.8 Å². The molecule has 0 aromatic carbocycles. The maximum Gasteiger partial charge on any atom is 0.465 e. The summed E-state index contributed by atoms with van der Waals surface area (Å²) >= 11 is 4.29. The molecule has 0 heterocycles. The fraction of sp³-hybridized carbons (Fsp3) is 0.778. The molecule has 22 heavy (non-hydrogen) atoms. The number of hydrogen-bond acceptors (Lipinski definition) is 5. The van der Waals surface area contributed by atoms with Gasteiger partial charge < -0.3 is 14.2 Å². The van der Waals surface area contributed by atoms with Gasteiger partial charge in [0.25, 0.3) is 0 Å². The van der Waals surface area contributed by atoms with Crippen LogP contribution >= 0.6 is 11.6 Å². The summed E-state index contributed by atoms with van der Waals surface area (Å²) in [7, 11) is 0. The molecule has 0 bridgehead atoms. The minimum atomic E-state index is -6.09. The van der Waals surface area contributed by atoms with Crippen molar-refractivity contribution in [2.45, 2.75) is 17.5 Å². The van der Waals surface area contributed by atoms with Gasteiger partial charge in [-0.25, -0.2) is 9.59 Å². The monoisotopic (exact) mass is 364 g/mol. The number of esters is 2. The zero-order valence-corrected chi connectivity index (χ0v) is 11.1. The van der Waals surface area contributed by atoms with Crippen LogP contribution in [0, 0.1) is 0 Å². The highest BCUT2D eigenvalue weighted by Gasteiger charge is 2.64. The third kappa shape index (κ3) is 6.64. The summed E-state index contributed by atoms with van der Waals surface area (Å²) in [5, 5.41) is -4.22. The number of hydrogen-bond donors (Lipinski definition) is 0. The lowest BCUT2D eigenvalue weighted by Gasteiger charge is -2.17. The molecule has 0 aromatic rings. The van der Waals surface area contributed by atoms with E-state index >= 15 is 0 Å². The highest BCUT2D eigenvalue weighted by Crippen LogP contribution is 2.36. The van der Waals surface area contributed by atoms with Gasteiger partial charge in [-0.1, -0.05) is 0 Å². The van der Waals surface area contributed by atoms with Crippen LogP contribution in [0.2, 0.25) is 0 Å². The quantitative estimate of drug-likeness (QED) is 0.286. The van der Waals surface area contributed by atoms with Gasteiger partial charge >= 0.3 is 29.4 Å². The van der Waals surface area contributed by atoms with Crippen LogP contribution in [-0.2, 0) is 23.8 Å². The van der Waals surface area contributed by atoms with Gasteiger partial charge in [0.05, 0.1) is 13.2 Å². The first-order valence-corrected chi connectivity index (χ1v) is 5.61. The zero-order chi connectivity index (χ0) is 17.6. The molecule has 0 fully saturated rings. The Balaban J connectivity index is 3.84. The highest BCUT2D eigenvalue weighted by molar-refractivity contribution is 6.31. The number of carbonyl (C=O) groups excluding carboxylic acids is 2. The predicted octanol–water partition coefficient (Wildman–Crippen LogP) is 2.12. The summed E-state index contributed by atoms with van der Waals surface area (Å²) in [6.07, 6.45) is -6.09. The summed E-state index contributed by atoms with van der Waals surface area (Å²) < 4.78 is 96.1. The van der Waals surface area contributed by atoms with Crippen molar-refractivity contribution in [2.24, 2.45) is 0 Å². The van der Waals surface area contributed by atoms with Crippen molar-refractivity contribution in [3.05, 3.63) is 0 Å². The van der Waals surface area contributed by atoms with Crippen LogP contribution in [0.3, 0.4) is 0 Å². The maximum absolute atomic E-state index is 12.4. The second-order valence-corrected chi connectivity index (χ2v) is 3.93. The largest absolute Gasteiger partial charge is 0.465 e. The lowest BCUT2D eigenvalue weighted by atomic mass is 10.3. The lowest BCUT2D eigenvalue weighted by Crippen LogP contribution is -2.45. The van der Waals surface area contributed by atoms with E-state index in [1.807, 2.05) is 0 Å². The lowest BCUT2D eigenvalue weighted by molar-refractivity contribution is -0.280. The molecular formula is C9H8ClF7O5. The zero-order valence-electron chi connectivity index (χ0n) is 10.4. The Labute approximate surface area is 123 Å². The molecule has 0 spiro atoms. The van der Waals surface area contributed by atoms with Crippen molar-refractivity contribution in [2.75, 3.05) is 26.4 Å². The smallest absolute Gasteiger partial charge is 0.459 e. The summed E-state index contributed by atoms with van der Waals surface area (Å²) in [6.45, 7) is -2.78. The molecule has 0 saturated carbocycles. The molecule has 13 heteroatoms. The molecule has 0 aliphatic rings. The number of rotatable bonds is 8. The van der Waals surface area contributed by atoms with E-state index in [4.69, 9.17) is 0 Å². The Morgan fingerprint density at radius 3 is 1.55 bits per heavy atom. The first-order chi connectivity index (χ1) is 9.80. The normalized spacial score (nSPS) is 12.9. The van der Waals surface area contributed by atoms with Gasteiger partial charge in [0.15, 0.2) is 0 Å². The van der Waals surface area contributed by atoms with Gasteiger partial charge in [0, 0.05) is 0 Å². The van der Waals surface area contributed by atoms with E-state index < -0.39 is 55.8 Å². The van der Waals surface area contributed by atoms with Crippen LogP contribution < -0.4 is 0 Å². The van der Waals surface area contributed by atoms with E-state index in [-0.39, 0.29) is 0 Å². The predicted molar refractivity (Wildman–Crippen MR) is 54.5 cm³/mol. The van der Waals surface area contributed by atoms with Crippen molar-refractivity contribution in [3.8, 4) is 0 Å². The van der Waals surface area contributed by atoms with Crippen LogP contribution in [0.25, 0.3) is 0 Å². The fourth-order valence-electron chi connectivity index (χ4n) is 0.777. The molecule has 0 rings (SSSR count). The molecule has 5 nitrogen and oxygen atoms in total. The van der Waals surface area contributed by atoms with E-state index in [1.165, 1.54) is 0 Å². The molecule has 0 amide bonds. The Morgan fingerprint density at radius 1 is 0.773 bits per heavy atom. The molecule has 0 aliphatic carbocycles. The van der Waals surface area contributed by atoms with Gasteiger partial charge in [-0.15, -0.1) is 0 Å². The van der Waals surface area contributed by atoms with Crippen molar-refractivity contribution < 1.29 is 54.5 Å². The Morgan fingerprint density at radius 2 is 1.18 bits per heavy atom. The third-order valence-electron chi connectivity index (χ3n) is 1.77. The Hall–Kier alpha value is -1.30. The summed E-state index contributed by atoms with van der Waals surface area (Å²) in [4.78, 5) is 20.9. The molecular weight excluding hydrogens is 357 g/mol. The second-order valence-electron chi connectivity index (χ2n) is 3.45. The van der Waals surface area contributed by atoms with E-state index in [9.17, 15) is 40.3 Å². The van der Waals surface area contributed by atoms with Gasteiger partial charge in [-0.05, 0) is 11.6 Å². The molecule has 0 saturated heterocycles. The number of halogens is 8. The van der Waals surface area contributed by atoms with Crippen molar-refractivity contribution in [1.82, 2.24) is 0 Å². The molecule has 130 valence electrons. The maximum atomic E-state index is 12.4. The highest BCUT2D eigenvalue weighted by atomic mass is 35.5. The van der Waals surface area contributed by atoms with E-state index in [1.54, 1.807) is 0 Å². The molecule has 0 aliphatic heterocycles. The van der Waals surface area contributed by atoms with E-state index in [0.29, 0.717) is 0 Å². The molecule has 0 N–H and O–H groups in total. The Bertz CT molecular complexity index is 393. The van der Waals surface area contributed by atoms with Crippen molar-refractivity contribution in [3.63, 3.8) is 0 Å². The molecule has 0 atom stereocenters. The third-order valence-corrected chi connectivity index (χ3v) is 1.92. The van der Waals surface area contributed by atoms with Crippen LogP contribution in [0.15, 0.2) is 0 Å². The first kappa shape index (κ1) is 20.7. The molecule has 0 aromatic heterocycles. The van der Waals surface area contributed by atoms with Crippen LogP contribution in [0.5, 0.6) is 0 Å². The van der Waals surface area contributed by atoms with Crippen molar-refractivity contribution >= 4 is 23.5 Å². The summed E-state index contributed by atoms with van der Waals surface area (Å²) in [5.41, 5.74) is 0. The standard InChI is InChI=1S/C9H8ClF7O5/c10-8(13,14)6(19)22-4-2-20-1-3-21-5(18)7(11,12)9(15,16)17/h1-4H2. The van der Waals surface area contributed by atoms with Gasteiger partial charge in [-0.2, -0.15) is 30.7 Å². The number of ether oxygens (including phenoxy) is 3. The molecule has 0 unspecified atom stereocenters. The SMILES string of the molecule is O=C(OCCOCCOC(=O)C(F)(F)C(F)(F)F)C(F)(F)Cl. The van der Waals surface area contributed by atoms with Gasteiger partial charge in [-0.3, -0.25) is 0 Å². The average Bonchev–Trinajstić information content (AvgIpc) is 2.34. The minimum Gasteiger partial charge on any atom is -0.459 e. The fourth-order valence-corrected chi connectivity index (χ4v) is 0.831. The van der Waals surface area contributed by atoms with E-state index in [0.717, 1.165) is 0 Å². The molecule has 0 radical (unpaired) electrons. The summed E-state index contributed by atoms with van der Waals surface area (Å²) in [5.74, 6) is -10.5. The second kappa shape index (κ2) is 7.81. The first-order valence-electron chi connectivity index (χ1n) is 5.23. The minimum absolute atomic E-state index is 0.508. The topological polar surface area (TPSA) is 61.8 Å². The summed E-state index contributed by atoms with van der Waals surface area (Å²) in [6, 6.07) is 0. The van der Waals surface area contributed by atoms with Crippen LogP contribution in [0.1, 0.15) is 0 Å². The van der Waals surface area contributed by atoms with E-state index in [2.05, 4.69) is 25.8 Å². The number of carbonyl (C=O) groups is 2. The van der Waals surface area contributed by atoms with Crippen molar-refractivity contribution in [1.29, 1.82) is 0 Å². The Kier molecular flexibility index (Phi) is 7.35.